The lowest BCUT2D eigenvalue weighted by Crippen LogP contribution is -1.81. The minimum atomic E-state index is 1.06. The van der Waals surface area contributed by atoms with Crippen LogP contribution in [0.15, 0.2) is 48.7 Å². The molecule has 1 heteroatoms. The molecule has 0 aliphatic carbocycles. The number of hydrogen-bond acceptors (Lipinski definition) is 1. The van der Waals surface area contributed by atoms with Crippen molar-refractivity contribution in [1.29, 1.82) is 0 Å². The Kier molecular flexibility index (Phi) is 9.57. The molecule has 1 aromatic carbocycles. The van der Waals surface area contributed by atoms with E-state index in [1.54, 1.807) is 0 Å². The lowest BCUT2D eigenvalue weighted by molar-refractivity contribution is 1.09. The molecule has 0 aliphatic rings. The summed E-state index contributed by atoms with van der Waals surface area (Å²) in [4.78, 5) is 4.26. The molecule has 0 aliphatic heterocycles. The molecule has 1 aromatic heterocycles. The van der Waals surface area contributed by atoms with Crippen molar-refractivity contribution in [3.63, 3.8) is 0 Å². The van der Waals surface area contributed by atoms with Crippen LogP contribution < -0.4 is 0 Å². The Hall–Kier alpha value is -1.63. The van der Waals surface area contributed by atoms with E-state index < -0.39 is 0 Å². The zero-order valence-corrected chi connectivity index (χ0v) is 12.3. The topological polar surface area (TPSA) is 12.9 Å². The van der Waals surface area contributed by atoms with Crippen molar-refractivity contribution in [3.8, 4) is 11.1 Å². The number of benzene rings is 1. The molecule has 0 unspecified atom stereocenters. The standard InChI is InChI=1S/C12H11N.C3H8.C2H6/c1-10-7-8-12(9-13-10)11-5-3-2-4-6-11;1-3-2;1-2/h2-9H,1H3;3H2,1-2H3;1-2H3. The Morgan fingerprint density at radius 3 is 1.83 bits per heavy atom. The number of aryl methyl sites for hydroxylation is 1. The largest absolute Gasteiger partial charge is 0.261 e. The van der Waals surface area contributed by atoms with Gasteiger partial charge in [-0.2, -0.15) is 0 Å². The van der Waals surface area contributed by atoms with E-state index in [9.17, 15) is 0 Å². The summed E-state index contributed by atoms with van der Waals surface area (Å²) in [5.74, 6) is 0. The summed E-state index contributed by atoms with van der Waals surface area (Å²) in [6.07, 6.45) is 3.16. The molecule has 2 rings (SSSR count). The molecular weight excluding hydrogens is 218 g/mol. The smallest absolute Gasteiger partial charge is 0.0373 e. The van der Waals surface area contributed by atoms with Gasteiger partial charge in [-0.05, 0) is 18.6 Å². The number of nitrogens with zero attached hydrogens (tertiary/aromatic N) is 1. The van der Waals surface area contributed by atoms with Gasteiger partial charge in [0.05, 0.1) is 0 Å². The molecule has 0 spiro atoms. The molecule has 18 heavy (non-hydrogen) atoms. The van der Waals surface area contributed by atoms with E-state index in [-0.39, 0.29) is 0 Å². The summed E-state index contributed by atoms with van der Waals surface area (Å²) < 4.78 is 0. The Bertz CT molecular complexity index is 390. The minimum Gasteiger partial charge on any atom is -0.261 e. The Morgan fingerprint density at radius 1 is 0.833 bits per heavy atom. The lowest BCUT2D eigenvalue weighted by atomic mass is 10.1. The lowest BCUT2D eigenvalue weighted by Gasteiger charge is -2.00. The Morgan fingerprint density at radius 2 is 1.39 bits per heavy atom. The second-order valence-corrected chi connectivity index (χ2v) is 3.76. The van der Waals surface area contributed by atoms with E-state index in [1.165, 1.54) is 17.5 Å². The van der Waals surface area contributed by atoms with Crippen LogP contribution in [-0.4, -0.2) is 4.98 Å². The van der Waals surface area contributed by atoms with Crippen molar-refractivity contribution in [2.75, 3.05) is 0 Å². The molecule has 0 N–H and O–H groups in total. The Labute approximate surface area is 112 Å². The predicted octanol–water partition coefficient (Wildman–Crippen LogP) is 5.50. The third-order valence-electron chi connectivity index (χ3n) is 2.02. The normalized spacial score (nSPS) is 8.50. The number of hydrogen-bond donors (Lipinski definition) is 0. The summed E-state index contributed by atoms with van der Waals surface area (Å²) in [6.45, 7) is 10.2. The quantitative estimate of drug-likeness (QED) is 0.644. The molecule has 0 bridgehead atoms. The monoisotopic (exact) mass is 243 g/mol. The van der Waals surface area contributed by atoms with Gasteiger partial charge in [-0.1, -0.05) is 70.5 Å². The first-order valence-electron chi connectivity index (χ1n) is 6.76. The van der Waals surface area contributed by atoms with Crippen molar-refractivity contribution < 1.29 is 0 Å². The van der Waals surface area contributed by atoms with Gasteiger partial charge in [-0.3, -0.25) is 4.98 Å². The Balaban J connectivity index is 0.000000509. The van der Waals surface area contributed by atoms with Crippen LogP contribution in [-0.2, 0) is 0 Å². The van der Waals surface area contributed by atoms with Crippen molar-refractivity contribution in [2.24, 2.45) is 0 Å². The van der Waals surface area contributed by atoms with E-state index >= 15 is 0 Å². The van der Waals surface area contributed by atoms with E-state index in [2.05, 4.69) is 37.0 Å². The molecule has 0 saturated carbocycles. The molecule has 1 nitrogen and oxygen atoms in total. The van der Waals surface area contributed by atoms with Crippen molar-refractivity contribution in [3.05, 3.63) is 54.4 Å². The maximum absolute atomic E-state index is 4.26. The number of rotatable bonds is 1. The molecule has 2 aromatic rings. The summed E-state index contributed by atoms with van der Waals surface area (Å²) in [6, 6.07) is 14.4. The first kappa shape index (κ1) is 16.4. The zero-order valence-electron chi connectivity index (χ0n) is 12.3. The fourth-order valence-corrected chi connectivity index (χ4v) is 1.27. The highest BCUT2D eigenvalue weighted by atomic mass is 14.7. The van der Waals surface area contributed by atoms with Crippen LogP contribution >= 0.6 is 0 Å². The van der Waals surface area contributed by atoms with E-state index in [0.717, 1.165) is 5.69 Å². The van der Waals surface area contributed by atoms with E-state index in [1.807, 2.05) is 51.2 Å². The molecular formula is C17H25N. The fraction of sp³-hybridized carbons (Fsp3) is 0.353. The van der Waals surface area contributed by atoms with Crippen LogP contribution in [0.25, 0.3) is 11.1 Å². The molecule has 0 amide bonds. The molecule has 98 valence electrons. The predicted molar refractivity (Wildman–Crippen MR) is 81.7 cm³/mol. The van der Waals surface area contributed by atoms with Gasteiger partial charge in [0.25, 0.3) is 0 Å². The third-order valence-corrected chi connectivity index (χ3v) is 2.02. The molecule has 0 saturated heterocycles. The van der Waals surface area contributed by atoms with Gasteiger partial charge in [-0.15, -0.1) is 0 Å². The van der Waals surface area contributed by atoms with Gasteiger partial charge in [0.15, 0.2) is 0 Å². The highest BCUT2D eigenvalue weighted by molar-refractivity contribution is 5.61. The van der Waals surface area contributed by atoms with Gasteiger partial charge in [0.1, 0.15) is 0 Å². The van der Waals surface area contributed by atoms with Gasteiger partial charge in [0, 0.05) is 17.5 Å². The fourth-order valence-electron chi connectivity index (χ4n) is 1.27. The van der Waals surface area contributed by atoms with Crippen molar-refractivity contribution in [1.82, 2.24) is 4.98 Å². The van der Waals surface area contributed by atoms with E-state index in [0.29, 0.717) is 0 Å². The second-order valence-electron chi connectivity index (χ2n) is 3.76. The molecule has 0 atom stereocenters. The van der Waals surface area contributed by atoms with Gasteiger partial charge >= 0.3 is 0 Å². The van der Waals surface area contributed by atoms with Crippen LogP contribution in [0.1, 0.15) is 39.8 Å². The maximum Gasteiger partial charge on any atom is 0.0373 e. The van der Waals surface area contributed by atoms with Crippen molar-refractivity contribution in [2.45, 2.75) is 41.0 Å². The summed E-state index contributed by atoms with van der Waals surface area (Å²) in [5, 5.41) is 0. The van der Waals surface area contributed by atoms with E-state index in [4.69, 9.17) is 0 Å². The summed E-state index contributed by atoms with van der Waals surface area (Å²) >= 11 is 0. The SMILES string of the molecule is CC.CCC.Cc1ccc(-c2ccccc2)cn1. The first-order valence-corrected chi connectivity index (χ1v) is 6.76. The average molecular weight is 243 g/mol. The summed E-state index contributed by atoms with van der Waals surface area (Å²) in [5.41, 5.74) is 3.45. The number of aromatic nitrogens is 1. The van der Waals surface area contributed by atoms with Crippen LogP contribution in [0.5, 0.6) is 0 Å². The molecule has 0 radical (unpaired) electrons. The second kappa shape index (κ2) is 10.5. The van der Waals surface area contributed by atoms with Crippen LogP contribution in [0.3, 0.4) is 0 Å². The highest BCUT2D eigenvalue weighted by Gasteiger charge is 1.94. The average Bonchev–Trinajstić information content (AvgIpc) is 2.44. The van der Waals surface area contributed by atoms with Crippen LogP contribution in [0, 0.1) is 6.92 Å². The van der Waals surface area contributed by atoms with Crippen LogP contribution in [0.2, 0.25) is 0 Å². The maximum atomic E-state index is 4.26. The van der Waals surface area contributed by atoms with Crippen molar-refractivity contribution >= 4 is 0 Å². The van der Waals surface area contributed by atoms with Gasteiger partial charge in [0.2, 0.25) is 0 Å². The molecule has 1 heterocycles. The summed E-state index contributed by atoms with van der Waals surface area (Å²) in [7, 11) is 0. The number of pyridine rings is 1. The van der Waals surface area contributed by atoms with Gasteiger partial charge < -0.3 is 0 Å². The first-order chi connectivity index (χ1) is 8.77. The van der Waals surface area contributed by atoms with Gasteiger partial charge in [-0.25, -0.2) is 0 Å². The highest BCUT2D eigenvalue weighted by Crippen LogP contribution is 2.17. The van der Waals surface area contributed by atoms with Crippen LogP contribution in [0.4, 0.5) is 0 Å². The third kappa shape index (κ3) is 6.19. The molecule has 0 fully saturated rings. The zero-order chi connectivity index (χ0) is 13.8. The minimum absolute atomic E-state index is 1.06.